The number of fused-ring (bicyclic) bond motifs is 1. The number of imidazole rings is 1. The van der Waals surface area contributed by atoms with Crippen LogP contribution >= 0.6 is 0 Å². The molecule has 5 heteroatoms. The Morgan fingerprint density at radius 2 is 2.05 bits per heavy atom. The van der Waals surface area contributed by atoms with Crippen molar-refractivity contribution in [3.8, 4) is 0 Å². The van der Waals surface area contributed by atoms with E-state index in [1.54, 1.807) is 6.92 Å². The van der Waals surface area contributed by atoms with Crippen molar-refractivity contribution in [1.82, 2.24) is 14.9 Å². The molecule has 0 aliphatic carbocycles. The number of nitrogens with zero attached hydrogens (tertiary/aromatic N) is 2. The van der Waals surface area contributed by atoms with Crippen LogP contribution in [0.3, 0.4) is 0 Å². The van der Waals surface area contributed by atoms with E-state index in [1.165, 1.54) is 0 Å². The number of amides is 1. The number of nitrogens with one attached hydrogen (secondary N) is 1. The number of rotatable bonds is 4. The molecule has 1 aromatic heterocycles. The molecule has 1 atom stereocenters. The molecular formula is C14H20N4O. The van der Waals surface area contributed by atoms with E-state index in [0.29, 0.717) is 6.54 Å². The van der Waals surface area contributed by atoms with Gasteiger partial charge < -0.3 is 15.6 Å². The highest BCUT2D eigenvalue weighted by molar-refractivity contribution is 5.81. The Bertz CT molecular complexity index is 586. The van der Waals surface area contributed by atoms with Gasteiger partial charge in [-0.05, 0) is 32.9 Å². The van der Waals surface area contributed by atoms with Crippen LogP contribution in [0.2, 0.25) is 0 Å². The molecule has 1 amide bonds. The van der Waals surface area contributed by atoms with Gasteiger partial charge in [0.25, 0.3) is 0 Å². The van der Waals surface area contributed by atoms with Gasteiger partial charge in [0, 0.05) is 6.04 Å². The molecule has 0 radical (unpaired) electrons. The molecule has 1 heterocycles. The molecule has 0 bridgehead atoms. The van der Waals surface area contributed by atoms with Crippen molar-refractivity contribution >= 4 is 16.9 Å². The summed E-state index contributed by atoms with van der Waals surface area (Å²) in [5, 5.41) is 2.81. The van der Waals surface area contributed by atoms with Crippen LogP contribution < -0.4 is 11.1 Å². The lowest BCUT2D eigenvalue weighted by Gasteiger charge is -2.14. The Morgan fingerprint density at radius 3 is 2.68 bits per heavy atom. The van der Waals surface area contributed by atoms with Gasteiger partial charge in [0.1, 0.15) is 5.82 Å². The largest absolute Gasteiger partial charge is 0.348 e. The van der Waals surface area contributed by atoms with Crippen molar-refractivity contribution in [2.24, 2.45) is 5.73 Å². The van der Waals surface area contributed by atoms with Crippen molar-refractivity contribution in [2.75, 3.05) is 0 Å². The highest BCUT2D eigenvalue weighted by Crippen LogP contribution is 2.20. The summed E-state index contributed by atoms with van der Waals surface area (Å²) in [6.07, 6.45) is 0. The fraction of sp³-hybridized carbons (Fsp3) is 0.429. The van der Waals surface area contributed by atoms with E-state index < -0.39 is 6.04 Å². The quantitative estimate of drug-likeness (QED) is 0.876. The second kappa shape index (κ2) is 5.40. The second-order valence-electron chi connectivity index (χ2n) is 4.99. The molecule has 0 saturated heterocycles. The lowest BCUT2D eigenvalue weighted by Crippen LogP contribution is -2.38. The Kier molecular flexibility index (Phi) is 3.85. The van der Waals surface area contributed by atoms with Crippen LogP contribution in [0.5, 0.6) is 0 Å². The lowest BCUT2D eigenvalue weighted by atomic mass is 10.3. The summed E-state index contributed by atoms with van der Waals surface area (Å²) in [6, 6.07) is 7.76. The summed E-state index contributed by atoms with van der Waals surface area (Å²) < 4.78 is 2.14. The molecule has 0 aliphatic rings. The third-order valence-corrected chi connectivity index (χ3v) is 3.02. The average molecular weight is 260 g/mol. The first-order valence-electron chi connectivity index (χ1n) is 6.50. The summed E-state index contributed by atoms with van der Waals surface area (Å²) in [5.74, 6) is 0.688. The summed E-state index contributed by atoms with van der Waals surface area (Å²) in [5.41, 5.74) is 7.57. The second-order valence-corrected chi connectivity index (χ2v) is 4.99. The first kappa shape index (κ1) is 13.5. The zero-order chi connectivity index (χ0) is 14.0. The number of carbonyl (C=O) groups is 1. The van der Waals surface area contributed by atoms with Crippen molar-refractivity contribution in [2.45, 2.75) is 39.4 Å². The molecule has 102 valence electrons. The van der Waals surface area contributed by atoms with Crippen molar-refractivity contribution in [3.05, 3.63) is 30.1 Å². The van der Waals surface area contributed by atoms with Gasteiger partial charge in [-0.3, -0.25) is 4.79 Å². The zero-order valence-electron chi connectivity index (χ0n) is 11.6. The van der Waals surface area contributed by atoms with E-state index in [-0.39, 0.29) is 11.9 Å². The predicted octanol–water partition coefficient (Wildman–Crippen LogP) is 1.58. The Labute approximate surface area is 112 Å². The Hall–Kier alpha value is -1.88. The number of hydrogen-bond acceptors (Lipinski definition) is 3. The minimum atomic E-state index is -0.503. The van der Waals surface area contributed by atoms with Gasteiger partial charge in [0.15, 0.2) is 0 Å². The molecule has 5 nitrogen and oxygen atoms in total. The Balaban J connectivity index is 2.32. The van der Waals surface area contributed by atoms with Crippen LogP contribution in [-0.2, 0) is 11.3 Å². The van der Waals surface area contributed by atoms with Crippen molar-refractivity contribution in [3.63, 3.8) is 0 Å². The van der Waals surface area contributed by atoms with E-state index in [4.69, 9.17) is 5.73 Å². The molecule has 0 spiro atoms. The van der Waals surface area contributed by atoms with Crippen LogP contribution in [0.15, 0.2) is 24.3 Å². The molecule has 19 heavy (non-hydrogen) atoms. The number of benzene rings is 1. The van der Waals surface area contributed by atoms with Gasteiger partial charge in [0.05, 0.1) is 23.6 Å². The fourth-order valence-electron chi connectivity index (χ4n) is 2.12. The fourth-order valence-corrected chi connectivity index (χ4v) is 2.12. The van der Waals surface area contributed by atoms with Gasteiger partial charge in [-0.1, -0.05) is 12.1 Å². The standard InChI is InChI=1S/C14H20N4O/c1-9(2)18-12-7-5-4-6-11(12)17-13(18)8-16-14(19)10(3)15/h4-7,9-10H,8,15H2,1-3H3,(H,16,19)/t10-/m1/s1. The maximum atomic E-state index is 11.5. The summed E-state index contributed by atoms with van der Waals surface area (Å²) in [6.45, 7) is 6.27. The monoisotopic (exact) mass is 260 g/mol. The van der Waals surface area contributed by atoms with Crippen LogP contribution in [0.25, 0.3) is 11.0 Å². The summed E-state index contributed by atoms with van der Waals surface area (Å²) >= 11 is 0. The number of carbonyl (C=O) groups excluding carboxylic acids is 1. The van der Waals surface area contributed by atoms with Crippen LogP contribution in [-0.4, -0.2) is 21.5 Å². The van der Waals surface area contributed by atoms with E-state index in [9.17, 15) is 4.79 Å². The van der Waals surface area contributed by atoms with Crippen LogP contribution in [0.1, 0.15) is 32.6 Å². The number of para-hydroxylation sites is 2. The normalized spacial score (nSPS) is 12.9. The van der Waals surface area contributed by atoms with E-state index in [2.05, 4.69) is 28.7 Å². The predicted molar refractivity (Wildman–Crippen MR) is 75.6 cm³/mol. The van der Waals surface area contributed by atoms with Crippen LogP contribution in [0, 0.1) is 0 Å². The van der Waals surface area contributed by atoms with Gasteiger partial charge in [-0.15, -0.1) is 0 Å². The van der Waals surface area contributed by atoms with E-state index in [1.807, 2.05) is 24.3 Å². The van der Waals surface area contributed by atoms with Gasteiger partial charge in [-0.25, -0.2) is 4.98 Å². The zero-order valence-corrected chi connectivity index (χ0v) is 11.6. The van der Waals surface area contributed by atoms with Gasteiger partial charge in [-0.2, -0.15) is 0 Å². The molecule has 0 aliphatic heterocycles. The topological polar surface area (TPSA) is 72.9 Å². The molecule has 2 rings (SSSR count). The minimum Gasteiger partial charge on any atom is -0.348 e. The SMILES string of the molecule is CC(C)n1c(CNC(=O)[C@@H](C)N)nc2ccccc21. The van der Waals surface area contributed by atoms with Crippen molar-refractivity contribution < 1.29 is 4.79 Å². The average Bonchev–Trinajstić information content (AvgIpc) is 2.73. The first-order chi connectivity index (χ1) is 9.00. The minimum absolute atomic E-state index is 0.164. The molecule has 2 aromatic rings. The molecule has 1 aromatic carbocycles. The molecule has 3 N–H and O–H groups in total. The lowest BCUT2D eigenvalue weighted by molar-refractivity contribution is -0.122. The summed E-state index contributed by atoms with van der Waals surface area (Å²) in [7, 11) is 0. The first-order valence-corrected chi connectivity index (χ1v) is 6.50. The number of aromatic nitrogens is 2. The maximum absolute atomic E-state index is 11.5. The highest BCUT2D eigenvalue weighted by Gasteiger charge is 2.14. The smallest absolute Gasteiger partial charge is 0.237 e. The number of hydrogen-bond donors (Lipinski definition) is 2. The number of nitrogens with two attached hydrogens (primary N) is 1. The maximum Gasteiger partial charge on any atom is 0.237 e. The van der Waals surface area contributed by atoms with E-state index in [0.717, 1.165) is 16.9 Å². The summed E-state index contributed by atoms with van der Waals surface area (Å²) in [4.78, 5) is 16.1. The van der Waals surface area contributed by atoms with Crippen molar-refractivity contribution in [1.29, 1.82) is 0 Å². The molecule has 0 saturated carbocycles. The van der Waals surface area contributed by atoms with E-state index >= 15 is 0 Å². The van der Waals surface area contributed by atoms with Gasteiger partial charge >= 0.3 is 0 Å². The Morgan fingerprint density at radius 1 is 1.37 bits per heavy atom. The van der Waals surface area contributed by atoms with Gasteiger partial charge in [0.2, 0.25) is 5.91 Å². The molecule has 0 unspecified atom stereocenters. The van der Waals surface area contributed by atoms with Crippen LogP contribution in [0.4, 0.5) is 0 Å². The third-order valence-electron chi connectivity index (χ3n) is 3.02. The molecule has 0 fully saturated rings. The third kappa shape index (κ3) is 2.76. The molecular weight excluding hydrogens is 240 g/mol. The highest BCUT2D eigenvalue weighted by atomic mass is 16.2.